The lowest BCUT2D eigenvalue weighted by molar-refractivity contribution is -0.396. The Labute approximate surface area is 167 Å². The van der Waals surface area contributed by atoms with Crippen molar-refractivity contribution in [3.05, 3.63) is 58.6 Å². The van der Waals surface area contributed by atoms with Gasteiger partial charge in [0.25, 0.3) is 0 Å². The maximum Gasteiger partial charge on any atom is 0.434 e. The van der Waals surface area contributed by atoms with Gasteiger partial charge in [-0.05, 0) is 17.1 Å². The molecule has 0 atom stereocenters. The smallest absolute Gasteiger partial charge is 0.395 e. The highest BCUT2D eigenvalue weighted by Gasteiger charge is 2.18. The van der Waals surface area contributed by atoms with Gasteiger partial charge in [-0.15, -0.1) is 0 Å². The fraction of sp³-hybridized carbons (Fsp3) is 0.368. The number of nitrogens with zero attached hydrogens (tertiary/aromatic N) is 6. The normalized spacial score (nSPS) is 15.0. The van der Waals surface area contributed by atoms with Crippen LogP contribution >= 0.6 is 0 Å². The van der Waals surface area contributed by atoms with Crippen LogP contribution in [0.4, 0.5) is 11.6 Å². The van der Waals surface area contributed by atoms with Crippen molar-refractivity contribution in [1.29, 1.82) is 0 Å². The molecule has 0 spiro atoms. The molecule has 3 heterocycles. The molecule has 10 nitrogen and oxygen atoms in total. The molecule has 0 saturated carbocycles. The standard InChI is InChI=1S/C19H22N6O4/c26-12-11-22-7-9-23(10-8-22)16-3-1-15(2-4-16)18-13-17(29-21-18)14-24-6-5-20-19(24)25(27)28/h1-6,13,26H,7-12,14H2. The number of β-amino-alcohol motifs (C(OH)–C–C–N with tert-alkyl or cyclic N) is 1. The topological polar surface area (TPSA) is 114 Å². The van der Waals surface area contributed by atoms with Crippen LogP contribution in [0.2, 0.25) is 0 Å². The number of hydrogen-bond acceptors (Lipinski definition) is 8. The minimum Gasteiger partial charge on any atom is -0.395 e. The number of imidazole rings is 1. The minimum absolute atomic E-state index is 0.194. The van der Waals surface area contributed by atoms with Crippen LogP contribution in [-0.4, -0.2) is 69.0 Å². The zero-order valence-corrected chi connectivity index (χ0v) is 15.8. The van der Waals surface area contributed by atoms with Gasteiger partial charge in [-0.3, -0.25) is 4.90 Å². The molecule has 10 heteroatoms. The molecule has 1 saturated heterocycles. The van der Waals surface area contributed by atoms with Crippen LogP contribution < -0.4 is 4.90 Å². The molecule has 2 aromatic heterocycles. The molecule has 3 aromatic rings. The van der Waals surface area contributed by atoms with E-state index in [1.165, 1.54) is 17.0 Å². The first-order valence-corrected chi connectivity index (χ1v) is 9.44. The summed E-state index contributed by atoms with van der Waals surface area (Å²) in [5.74, 6) is 0.288. The van der Waals surface area contributed by atoms with E-state index < -0.39 is 4.92 Å². The van der Waals surface area contributed by atoms with Gasteiger partial charge in [0.05, 0.1) is 6.61 Å². The Morgan fingerprint density at radius 3 is 2.62 bits per heavy atom. The van der Waals surface area contributed by atoms with Gasteiger partial charge in [0.15, 0.2) is 5.76 Å². The minimum atomic E-state index is -0.528. The Bertz CT molecular complexity index is 959. The third-order valence-corrected chi connectivity index (χ3v) is 5.06. The molecule has 0 amide bonds. The van der Waals surface area contributed by atoms with E-state index in [2.05, 4.69) is 32.1 Å². The Morgan fingerprint density at radius 1 is 1.17 bits per heavy atom. The molecular formula is C19H22N6O4. The highest BCUT2D eigenvalue weighted by atomic mass is 16.6. The van der Waals surface area contributed by atoms with Crippen LogP contribution in [0.25, 0.3) is 11.3 Å². The summed E-state index contributed by atoms with van der Waals surface area (Å²) in [7, 11) is 0. The number of anilines is 1. The molecular weight excluding hydrogens is 376 g/mol. The van der Waals surface area contributed by atoms with E-state index in [-0.39, 0.29) is 19.1 Å². The second-order valence-electron chi connectivity index (χ2n) is 6.89. The summed E-state index contributed by atoms with van der Waals surface area (Å²) in [5.41, 5.74) is 2.75. The van der Waals surface area contributed by atoms with Crippen LogP contribution in [0.1, 0.15) is 5.76 Å². The molecule has 4 rings (SSSR count). The average Bonchev–Trinajstić information content (AvgIpc) is 3.39. The number of aromatic nitrogens is 3. The van der Waals surface area contributed by atoms with Gasteiger partial charge in [-0.25, -0.2) is 4.57 Å². The molecule has 1 aliphatic rings. The van der Waals surface area contributed by atoms with E-state index in [1.807, 2.05) is 12.1 Å². The van der Waals surface area contributed by atoms with E-state index in [0.717, 1.165) is 44.0 Å². The van der Waals surface area contributed by atoms with Crippen molar-refractivity contribution in [3.8, 4) is 11.3 Å². The Morgan fingerprint density at radius 2 is 1.93 bits per heavy atom. The van der Waals surface area contributed by atoms with Crippen molar-refractivity contribution >= 4 is 11.6 Å². The number of hydrogen-bond donors (Lipinski definition) is 1. The summed E-state index contributed by atoms with van der Waals surface area (Å²) >= 11 is 0. The van der Waals surface area contributed by atoms with Crippen LogP contribution in [0.3, 0.4) is 0 Å². The van der Waals surface area contributed by atoms with Gasteiger partial charge in [-0.2, -0.15) is 0 Å². The second kappa shape index (κ2) is 8.41. The summed E-state index contributed by atoms with van der Waals surface area (Å²) in [6.07, 6.45) is 2.92. The maximum absolute atomic E-state index is 11.0. The largest absolute Gasteiger partial charge is 0.434 e. The molecule has 0 unspecified atom stereocenters. The lowest BCUT2D eigenvalue weighted by Gasteiger charge is -2.35. The molecule has 1 aliphatic heterocycles. The first-order valence-electron chi connectivity index (χ1n) is 9.44. The van der Waals surface area contributed by atoms with Crippen molar-refractivity contribution in [2.45, 2.75) is 6.54 Å². The van der Waals surface area contributed by atoms with Gasteiger partial charge in [0.2, 0.25) is 0 Å². The van der Waals surface area contributed by atoms with Gasteiger partial charge in [0.1, 0.15) is 24.6 Å². The van der Waals surface area contributed by atoms with E-state index in [9.17, 15) is 10.1 Å². The Balaban J connectivity index is 1.41. The number of aliphatic hydroxyl groups excluding tert-OH is 1. The predicted octanol–water partition coefficient (Wildman–Crippen LogP) is 1.61. The number of piperazine rings is 1. The SMILES string of the molecule is O=[N+]([O-])c1nccn1Cc1cc(-c2ccc(N3CCN(CCO)CC3)cc2)no1. The highest BCUT2D eigenvalue weighted by Crippen LogP contribution is 2.24. The first kappa shape index (κ1) is 19.1. The molecule has 29 heavy (non-hydrogen) atoms. The maximum atomic E-state index is 11.0. The molecule has 0 bridgehead atoms. The van der Waals surface area contributed by atoms with Crippen molar-refractivity contribution < 1.29 is 14.6 Å². The number of rotatable bonds is 7. The molecule has 1 aromatic carbocycles. The van der Waals surface area contributed by atoms with Gasteiger partial charge in [-0.1, -0.05) is 22.3 Å². The van der Waals surface area contributed by atoms with Crippen LogP contribution in [0.15, 0.2) is 47.2 Å². The van der Waals surface area contributed by atoms with Gasteiger partial charge >= 0.3 is 5.95 Å². The molecule has 0 radical (unpaired) electrons. The fourth-order valence-electron chi connectivity index (χ4n) is 3.50. The lowest BCUT2D eigenvalue weighted by atomic mass is 10.1. The average molecular weight is 398 g/mol. The van der Waals surface area contributed by atoms with E-state index in [4.69, 9.17) is 9.63 Å². The third kappa shape index (κ3) is 4.28. The predicted molar refractivity (Wildman–Crippen MR) is 106 cm³/mol. The highest BCUT2D eigenvalue weighted by molar-refractivity contribution is 5.63. The number of aliphatic hydroxyl groups is 1. The van der Waals surface area contributed by atoms with Gasteiger partial charge < -0.3 is 24.6 Å². The van der Waals surface area contributed by atoms with Crippen molar-refractivity contribution in [2.24, 2.45) is 0 Å². The fourth-order valence-corrected chi connectivity index (χ4v) is 3.50. The van der Waals surface area contributed by atoms with Crippen LogP contribution in [0, 0.1) is 10.1 Å². The van der Waals surface area contributed by atoms with E-state index in [1.54, 1.807) is 6.07 Å². The van der Waals surface area contributed by atoms with Gasteiger partial charge in [0, 0.05) is 50.0 Å². The summed E-state index contributed by atoms with van der Waals surface area (Å²) in [6.45, 7) is 4.85. The summed E-state index contributed by atoms with van der Waals surface area (Å²) in [5, 5.41) is 24.1. The Kier molecular flexibility index (Phi) is 5.54. The zero-order valence-electron chi connectivity index (χ0n) is 15.8. The monoisotopic (exact) mass is 398 g/mol. The van der Waals surface area contributed by atoms with E-state index >= 15 is 0 Å². The molecule has 0 aliphatic carbocycles. The van der Waals surface area contributed by atoms with Crippen LogP contribution in [-0.2, 0) is 6.54 Å². The quantitative estimate of drug-likeness (QED) is 0.472. The summed E-state index contributed by atoms with van der Waals surface area (Å²) in [6, 6.07) is 9.90. The number of nitro groups is 1. The molecule has 152 valence electrons. The van der Waals surface area contributed by atoms with Crippen molar-refractivity contribution in [1.82, 2.24) is 19.6 Å². The third-order valence-electron chi connectivity index (χ3n) is 5.06. The summed E-state index contributed by atoms with van der Waals surface area (Å²) < 4.78 is 6.76. The zero-order chi connectivity index (χ0) is 20.2. The summed E-state index contributed by atoms with van der Waals surface area (Å²) in [4.78, 5) is 18.8. The molecule has 1 fully saturated rings. The second-order valence-corrected chi connectivity index (χ2v) is 6.89. The van der Waals surface area contributed by atoms with E-state index in [0.29, 0.717) is 11.5 Å². The lowest BCUT2D eigenvalue weighted by Crippen LogP contribution is -2.47. The first-order chi connectivity index (χ1) is 14.1. The molecule has 1 N–H and O–H groups in total. The van der Waals surface area contributed by atoms with Crippen molar-refractivity contribution in [3.63, 3.8) is 0 Å². The van der Waals surface area contributed by atoms with Crippen LogP contribution in [0.5, 0.6) is 0 Å². The Hall–Kier alpha value is -3.24. The number of benzene rings is 1. The van der Waals surface area contributed by atoms with Crippen molar-refractivity contribution in [2.75, 3.05) is 44.2 Å².